The smallest absolute Gasteiger partial charge is 0.414 e. The van der Waals surface area contributed by atoms with Gasteiger partial charge in [0.2, 0.25) is 5.95 Å². The van der Waals surface area contributed by atoms with Crippen LogP contribution in [0, 0.1) is 5.21 Å². The summed E-state index contributed by atoms with van der Waals surface area (Å²) in [6.07, 6.45) is 2.27. The SMILES string of the molecule is CNC(=O)c1ccccc1Nc1nc(Nc2ccc(CC(=O)OCCCCOc3no[n+]([O-])c3S(=O)(=O)c3ccccc3)cc2)ncc1Cl. The van der Waals surface area contributed by atoms with Crippen LogP contribution in [0.2, 0.25) is 5.02 Å². The molecule has 2 heterocycles. The minimum atomic E-state index is -4.21. The molecule has 0 aliphatic rings. The van der Waals surface area contributed by atoms with Crippen LogP contribution in [0.1, 0.15) is 28.8 Å². The molecule has 0 aliphatic heterocycles. The van der Waals surface area contributed by atoms with Crippen molar-refractivity contribution in [3.63, 3.8) is 0 Å². The van der Waals surface area contributed by atoms with Gasteiger partial charge in [-0.25, -0.2) is 13.4 Å². The number of unbranched alkanes of at least 4 members (excludes halogenated alkanes) is 1. The van der Waals surface area contributed by atoms with E-state index in [0.29, 0.717) is 41.2 Å². The van der Waals surface area contributed by atoms with Crippen molar-refractivity contribution in [1.82, 2.24) is 20.4 Å². The summed E-state index contributed by atoms with van der Waals surface area (Å²) in [5.41, 5.74) is 2.32. The number of nitrogens with one attached hydrogen (secondary N) is 3. The van der Waals surface area contributed by atoms with Crippen LogP contribution in [0.25, 0.3) is 0 Å². The van der Waals surface area contributed by atoms with Crippen molar-refractivity contribution < 1.29 is 37.0 Å². The minimum Gasteiger partial charge on any atom is -0.465 e. The van der Waals surface area contributed by atoms with Gasteiger partial charge >= 0.3 is 16.9 Å². The molecule has 17 heteroatoms. The lowest BCUT2D eigenvalue weighted by Crippen LogP contribution is -2.31. The zero-order valence-electron chi connectivity index (χ0n) is 26.0. The molecule has 0 bridgehead atoms. The Morgan fingerprint density at radius 1 is 0.959 bits per heavy atom. The van der Waals surface area contributed by atoms with Crippen molar-refractivity contribution in [1.29, 1.82) is 0 Å². The molecule has 0 unspecified atom stereocenters. The number of benzene rings is 3. The average molecular weight is 708 g/mol. The van der Waals surface area contributed by atoms with E-state index in [1.807, 2.05) is 0 Å². The molecule has 0 aliphatic carbocycles. The van der Waals surface area contributed by atoms with E-state index in [-0.39, 0.29) is 46.3 Å². The fourth-order valence-electron chi connectivity index (χ4n) is 4.42. The van der Waals surface area contributed by atoms with Crippen molar-refractivity contribution >= 4 is 56.5 Å². The summed E-state index contributed by atoms with van der Waals surface area (Å²) in [4.78, 5) is 32.9. The highest BCUT2D eigenvalue weighted by Gasteiger charge is 2.35. The molecule has 3 N–H and O–H groups in total. The summed E-state index contributed by atoms with van der Waals surface area (Å²) < 4.78 is 40.8. The van der Waals surface area contributed by atoms with Crippen LogP contribution >= 0.6 is 11.6 Å². The molecule has 49 heavy (non-hydrogen) atoms. The number of ether oxygens (including phenoxy) is 2. The van der Waals surface area contributed by atoms with Crippen molar-refractivity contribution in [3.8, 4) is 5.88 Å². The molecule has 2 aromatic heterocycles. The Morgan fingerprint density at radius 3 is 2.43 bits per heavy atom. The van der Waals surface area contributed by atoms with E-state index < -0.39 is 26.7 Å². The van der Waals surface area contributed by atoms with Gasteiger partial charge in [-0.05, 0) is 59.7 Å². The Labute approximate surface area is 285 Å². The molecular weight excluding hydrogens is 678 g/mol. The zero-order valence-corrected chi connectivity index (χ0v) is 27.5. The number of para-hydroxylation sites is 1. The summed E-state index contributed by atoms with van der Waals surface area (Å²) in [5.74, 6) is -0.590. The van der Waals surface area contributed by atoms with Crippen LogP contribution in [0.4, 0.5) is 23.1 Å². The third kappa shape index (κ3) is 8.79. The second kappa shape index (κ2) is 15.9. The summed E-state index contributed by atoms with van der Waals surface area (Å²) in [7, 11) is -2.67. The van der Waals surface area contributed by atoms with Gasteiger partial charge in [0.1, 0.15) is 5.02 Å². The maximum atomic E-state index is 12.8. The standard InChI is InChI=1S/C32H30ClN7O8S/c1-34-29(42)24-11-5-6-12-26(24)37-28-25(33)20-35-32(38-28)36-22-15-13-21(14-16-22)19-27(41)46-17-7-8-18-47-30-31(40(43)48-39-30)49(44,45)23-9-3-2-4-10-23/h2-6,9-16,20H,7-8,17-19H2,1H3,(H,34,42)(H2,35,36,37,38). The van der Waals surface area contributed by atoms with E-state index in [2.05, 4.69) is 35.7 Å². The normalized spacial score (nSPS) is 11.1. The van der Waals surface area contributed by atoms with Crippen LogP contribution in [0.15, 0.2) is 99.6 Å². The molecule has 5 aromatic rings. The topological polar surface area (TPSA) is 202 Å². The van der Waals surface area contributed by atoms with Crippen LogP contribution in [-0.2, 0) is 25.8 Å². The Bertz CT molecular complexity index is 2030. The number of hydrogen-bond donors (Lipinski definition) is 3. The summed E-state index contributed by atoms with van der Waals surface area (Å²) in [6.45, 7) is 0.114. The van der Waals surface area contributed by atoms with Gasteiger partial charge in [0.15, 0.2) is 5.82 Å². The number of halogens is 1. The number of amides is 1. The second-order valence-electron chi connectivity index (χ2n) is 10.3. The number of nitrogens with zero attached hydrogens (tertiary/aromatic N) is 4. The van der Waals surface area contributed by atoms with Crippen molar-refractivity contribution in [2.75, 3.05) is 30.9 Å². The highest BCUT2D eigenvalue weighted by molar-refractivity contribution is 7.91. The van der Waals surface area contributed by atoms with Crippen LogP contribution in [0.5, 0.6) is 5.88 Å². The molecule has 0 radical (unpaired) electrons. The Morgan fingerprint density at radius 2 is 1.67 bits per heavy atom. The highest BCUT2D eigenvalue weighted by atomic mass is 35.5. The number of aromatic nitrogens is 4. The van der Waals surface area contributed by atoms with Gasteiger partial charge in [-0.15, -0.1) is 0 Å². The highest BCUT2D eigenvalue weighted by Crippen LogP contribution is 2.27. The van der Waals surface area contributed by atoms with E-state index in [1.54, 1.807) is 61.6 Å². The Kier molecular flexibility index (Phi) is 11.2. The summed E-state index contributed by atoms with van der Waals surface area (Å²) in [5, 5.41) is 23.7. The molecule has 0 atom stereocenters. The number of esters is 1. The first-order valence-electron chi connectivity index (χ1n) is 14.8. The first-order valence-corrected chi connectivity index (χ1v) is 16.7. The molecule has 1 amide bonds. The molecular formula is C32H30ClN7O8S. The van der Waals surface area contributed by atoms with E-state index in [1.165, 1.54) is 30.5 Å². The third-order valence-electron chi connectivity index (χ3n) is 6.85. The zero-order chi connectivity index (χ0) is 34.8. The quantitative estimate of drug-likeness (QED) is 0.0787. The van der Waals surface area contributed by atoms with E-state index in [4.69, 9.17) is 21.1 Å². The first kappa shape index (κ1) is 34.6. The van der Waals surface area contributed by atoms with E-state index >= 15 is 0 Å². The van der Waals surface area contributed by atoms with Crippen molar-refractivity contribution in [2.24, 2.45) is 0 Å². The van der Waals surface area contributed by atoms with Gasteiger partial charge in [0.25, 0.3) is 15.7 Å². The van der Waals surface area contributed by atoms with Gasteiger partial charge in [-0.3, -0.25) is 14.2 Å². The number of rotatable bonds is 15. The van der Waals surface area contributed by atoms with Crippen LogP contribution < -0.4 is 25.6 Å². The molecule has 5 rings (SSSR count). The predicted octanol–water partition coefficient (Wildman–Crippen LogP) is 4.38. The lowest BCUT2D eigenvalue weighted by atomic mass is 10.1. The van der Waals surface area contributed by atoms with Crippen LogP contribution in [-0.4, -0.2) is 55.7 Å². The fraction of sp³-hybridized carbons (Fsp3) is 0.188. The van der Waals surface area contributed by atoms with Gasteiger partial charge < -0.3 is 30.6 Å². The van der Waals surface area contributed by atoms with E-state index in [9.17, 15) is 23.2 Å². The number of carbonyl (C=O) groups excluding carboxylic acids is 2. The summed E-state index contributed by atoms with van der Waals surface area (Å²) in [6, 6.07) is 21.3. The second-order valence-corrected chi connectivity index (χ2v) is 12.5. The largest absolute Gasteiger partial charge is 0.465 e. The fourth-order valence-corrected chi connectivity index (χ4v) is 5.85. The van der Waals surface area contributed by atoms with Gasteiger partial charge in [-0.2, -0.15) is 4.98 Å². The average Bonchev–Trinajstić information content (AvgIpc) is 3.49. The number of hydrogen-bond acceptors (Lipinski definition) is 13. The molecule has 3 aromatic carbocycles. The van der Waals surface area contributed by atoms with Gasteiger partial charge in [0.05, 0.1) is 47.1 Å². The lowest BCUT2D eigenvalue weighted by molar-refractivity contribution is -0.832. The van der Waals surface area contributed by atoms with E-state index in [0.717, 1.165) is 0 Å². The maximum Gasteiger partial charge on any atom is 0.414 e. The monoisotopic (exact) mass is 707 g/mol. The minimum absolute atomic E-state index is 0.00799. The van der Waals surface area contributed by atoms with Crippen molar-refractivity contribution in [2.45, 2.75) is 29.2 Å². The number of sulfone groups is 1. The summed E-state index contributed by atoms with van der Waals surface area (Å²) >= 11 is 6.31. The number of anilines is 4. The molecule has 0 saturated carbocycles. The number of carbonyl (C=O) groups is 2. The lowest BCUT2D eigenvalue weighted by Gasteiger charge is -2.13. The molecule has 15 nitrogen and oxygen atoms in total. The van der Waals surface area contributed by atoms with Gasteiger partial charge in [-0.1, -0.05) is 54.1 Å². The maximum absolute atomic E-state index is 12.8. The predicted molar refractivity (Wildman–Crippen MR) is 177 cm³/mol. The Balaban J connectivity index is 1.06. The van der Waals surface area contributed by atoms with Crippen LogP contribution in [0.3, 0.4) is 0 Å². The molecule has 0 fully saturated rings. The molecule has 254 valence electrons. The van der Waals surface area contributed by atoms with Crippen molar-refractivity contribution in [3.05, 3.63) is 106 Å². The van der Waals surface area contributed by atoms with Gasteiger partial charge in [0, 0.05) is 12.7 Å². The molecule has 0 spiro atoms. The third-order valence-corrected chi connectivity index (χ3v) is 8.85. The first-order chi connectivity index (χ1) is 23.7. The Hall–Kier alpha value is -5.74. The molecule has 0 saturated heterocycles.